The lowest BCUT2D eigenvalue weighted by Crippen LogP contribution is -2.02. The van der Waals surface area contributed by atoms with Crippen LogP contribution in [0.3, 0.4) is 0 Å². The van der Waals surface area contributed by atoms with Crippen molar-refractivity contribution in [1.29, 1.82) is 0 Å². The molecule has 4 N–H and O–H groups in total. The van der Waals surface area contributed by atoms with E-state index in [1.807, 2.05) is 30.3 Å². The number of rotatable bonds is 5. The number of nitrogens with zero attached hydrogens (tertiary/aromatic N) is 1. The number of nitrogen functional groups attached to an aromatic ring is 2. The van der Waals surface area contributed by atoms with Crippen LogP contribution in [-0.2, 0) is 6.42 Å². The van der Waals surface area contributed by atoms with E-state index in [-0.39, 0.29) is 0 Å². The van der Waals surface area contributed by atoms with Crippen molar-refractivity contribution in [3.63, 3.8) is 0 Å². The molecule has 0 saturated heterocycles. The van der Waals surface area contributed by atoms with Crippen molar-refractivity contribution in [1.82, 2.24) is 4.98 Å². The van der Waals surface area contributed by atoms with Crippen LogP contribution < -0.4 is 20.9 Å². The van der Waals surface area contributed by atoms with E-state index in [1.54, 1.807) is 20.4 Å². The van der Waals surface area contributed by atoms with Crippen LogP contribution in [0.5, 0.6) is 11.5 Å². The molecule has 0 radical (unpaired) electrons. The summed E-state index contributed by atoms with van der Waals surface area (Å²) in [5.41, 5.74) is 16.6. The maximum Gasteiger partial charge on any atom is 0.161 e. The zero-order valence-electron chi connectivity index (χ0n) is 14.3. The van der Waals surface area contributed by atoms with Gasteiger partial charge in [0.1, 0.15) is 5.82 Å². The summed E-state index contributed by atoms with van der Waals surface area (Å²) in [7, 11) is 3.26. The third-order valence-electron chi connectivity index (χ3n) is 4.15. The highest BCUT2D eigenvalue weighted by Gasteiger charge is 2.08. The van der Waals surface area contributed by atoms with Gasteiger partial charge in [-0.3, -0.25) is 0 Å². The molecule has 3 rings (SSSR count). The van der Waals surface area contributed by atoms with Gasteiger partial charge in [0.15, 0.2) is 11.5 Å². The first-order valence-corrected chi connectivity index (χ1v) is 7.92. The minimum absolute atomic E-state index is 0.369. The van der Waals surface area contributed by atoms with Crippen LogP contribution in [-0.4, -0.2) is 19.2 Å². The van der Waals surface area contributed by atoms with Gasteiger partial charge in [-0.15, -0.1) is 0 Å². The molecule has 5 heteroatoms. The fourth-order valence-electron chi connectivity index (χ4n) is 2.78. The molecule has 2 aromatic carbocycles. The number of ether oxygens (including phenoxy) is 2. The molecule has 5 nitrogen and oxygen atoms in total. The van der Waals surface area contributed by atoms with Crippen LogP contribution in [0.25, 0.3) is 11.1 Å². The van der Waals surface area contributed by atoms with E-state index >= 15 is 0 Å². The van der Waals surface area contributed by atoms with E-state index in [0.29, 0.717) is 29.4 Å². The van der Waals surface area contributed by atoms with E-state index in [9.17, 15) is 0 Å². The lowest BCUT2D eigenvalue weighted by Gasteiger charge is -2.11. The van der Waals surface area contributed by atoms with E-state index in [0.717, 1.165) is 22.3 Å². The summed E-state index contributed by atoms with van der Waals surface area (Å²) in [6.45, 7) is 0. The maximum absolute atomic E-state index is 6.03. The largest absolute Gasteiger partial charge is 0.493 e. The standard InChI is InChI=1S/C20H21N3O2/c1-24-17-7-6-15(12-18(17)25-2)14-5-3-4-13(10-14)11-16-8-9-23-20(22)19(16)21/h3-10,12H,11,21H2,1-2H3,(H2,22,23). The molecule has 0 amide bonds. The lowest BCUT2D eigenvalue weighted by atomic mass is 9.98. The number of nitrogens with two attached hydrogens (primary N) is 2. The number of pyridine rings is 1. The van der Waals surface area contributed by atoms with Crippen molar-refractivity contribution < 1.29 is 9.47 Å². The summed E-state index contributed by atoms with van der Waals surface area (Å²) in [4.78, 5) is 4.01. The van der Waals surface area contributed by atoms with Gasteiger partial charge in [0.25, 0.3) is 0 Å². The van der Waals surface area contributed by atoms with E-state index < -0.39 is 0 Å². The Kier molecular flexibility index (Phi) is 4.75. The van der Waals surface area contributed by atoms with Crippen LogP contribution in [0.15, 0.2) is 54.7 Å². The molecule has 0 aliphatic heterocycles. The highest BCUT2D eigenvalue weighted by atomic mass is 16.5. The van der Waals surface area contributed by atoms with Crippen LogP contribution in [0.2, 0.25) is 0 Å². The van der Waals surface area contributed by atoms with E-state index in [2.05, 4.69) is 23.2 Å². The second kappa shape index (κ2) is 7.13. The van der Waals surface area contributed by atoms with Crippen molar-refractivity contribution in [3.05, 3.63) is 65.9 Å². The molecule has 1 heterocycles. The van der Waals surface area contributed by atoms with Gasteiger partial charge in [-0.1, -0.05) is 30.3 Å². The minimum Gasteiger partial charge on any atom is -0.493 e. The average molecular weight is 335 g/mol. The smallest absolute Gasteiger partial charge is 0.161 e. The fraction of sp³-hybridized carbons (Fsp3) is 0.150. The van der Waals surface area contributed by atoms with Gasteiger partial charge in [-0.2, -0.15) is 0 Å². The zero-order valence-corrected chi connectivity index (χ0v) is 14.3. The van der Waals surface area contributed by atoms with Gasteiger partial charge >= 0.3 is 0 Å². The third-order valence-corrected chi connectivity index (χ3v) is 4.15. The summed E-state index contributed by atoms with van der Waals surface area (Å²) in [5, 5.41) is 0. The summed E-state index contributed by atoms with van der Waals surface area (Å²) in [6, 6.07) is 16.1. The SMILES string of the molecule is COc1ccc(-c2cccc(Cc3ccnc(N)c3N)c2)cc1OC. The molecule has 0 aliphatic carbocycles. The summed E-state index contributed by atoms with van der Waals surface area (Å²) < 4.78 is 10.7. The summed E-state index contributed by atoms with van der Waals surface area (Å²) in [5.74, 6) is 1.78. The Morgan fingerprint density at radius 1 is 0.880 bits per heavy atom. The predicted molar refractivity (Wildman–Crippen MR) is 101 cm³/mol. The number of hydrogen-bond acceptors (Lipinski definition) is 5. The van der Waals surface area contributed by atoms with Crippen molar-refractivity contribution in [2.45, 2.75) is 6.42 Å². The van der Waals surface area contributed by atoms with Gasteiger partial charge in [-0.25, -0.2) is 4.98 Å². The van der Waals surface area contributed by atoms with Crippen molar-refractivity contribution in [2.24, 2.45) is 0 Å². The molecule has 0 bridgehead atoms. The molecule has 3 aromatic rings. The molecule has 0 unspecified atom stereocenters. The molecule has 0 atom stereocenters. The van der Waals surface area contributed by atoms with Crippen LogP contribution in [0.1, 0.15) is 11.1 Å². The molecule has 0 spiro atoms. The zero-order chi connectivity index (χ0) is 17.8. The van der Waals surface area contributed by atoms with Gasteiger partial charge in [0.05, 0.1) is 19.9 Å². The van der Waals surface area contributed by atoms with Gasteiger partial charge < -0.3 is 20.9 Å². The van der Waals surface area contributed by atoms with Crippen LogP contribution >= 0.6 is 0 Å². The lowest BCUT2D eigenvalue weighted by molar-refractivity contribution is 0.355. The number of benzene rings is 2. The van der Waals surface area contributed by atoms with Crippen LogP contribution in [0.4, 0.5) is 11.5 Å². The Balaban J connectivity index is 1.93. The normalized spacial score (nSPS) is 10.5. The van der Waals surface area contributed by atoms with E-state index in [4.69, 9.17) is 20.9 Å². The topological polar surface area (TPSA) is 83.4 Å². The van der Waals surface area contributed by atoms with Crippen molar-refractivity contribution >= 4 is 11.5 Å². The van der Waals surface area contributed by atoms with E-state index in [1.165, 1.54) is 0 Å². The molecule has 25 heavy (non-hydrogen) atoms. The number of methoxy groups -OCH3 is 2. The number of hydrogen-bond donors (Lipinski definition) is 2. The second-order valence-electron chi connectivity index (χ2n) is 5.72. The molecule has 128 valence electrons. The maximum atomic E-state index is 6.03. The molecule has 0 aliphatic rings. The monoisotopic (exact) mass is 335 g/mol. The first kappa shape index (κ1) is 16.6. The summed E-state index contributed by atoms with van der Waals surface area (Å²) >= 11 is 0. The highest BCUT2D eigenvalue weighted by molar-refractivity contribution is 5.68. The third kappa shape index (κ3) is 3.50. The Hall–Kier alpha value is -3.21. The number of aromatic nitrogens is 1. The molecule has 0 saturated carbocycles. The minimum atomic E-state index is 0.369. The quantitative estimate of drug-likeness (QED) is 0.745. The van der Waals surface area contributed by atoms with Crippen molar-refractivity contribution in [3.8, 4) is 22.6 Å². The Labute approximate surface area is 147 Å². The molecule has 0 fully saturated rings. The highest BCUT2D eigenvalue weighted by Crippen LogP contribution is 2.33. The molecular weight excluding hydrogens is 314 g/mol. The Morgan fingerprint density at radius 2 is 1.64 bits per heavy atom. The average Bonchev–Trinajstić information content (AvgIpc) is 2.65. The van der Waals surface area contributed by atoms with Crippen LogP contribution in [0, 0.1) is 0 Å². The predicted octanol–water partition coefficient (Wildman–Crippen LogP) is 3.52. The first-order valence-electron chi connectivity index (χ1n) is 7.92. The first-order chi connectivity index (χ1) is 12.1. The fourth-order valence-corrected chi connectivity index (χ4v) is 2.78. The molecular formula is C20H21N3O2. The van der Waals surface area contributed by atoms with Gasteiger partial charge in [-0.05, 0) is 46.9 Å². The summed E-state index contributed by atoms with van der Waals surface area (Å²) in [6.07, 6.45) is 2.37. The van der Waals surface area contributed by atoms with Crippen molar-refractivity contribution in [2.75, 3.05) is 25.7 Å². The van der Waals surface area contributed by atoms with Gasteiger partial charge in [0, 0.05) is 6.20 Å². The molecule has 1 aromatic heterocycles. The second-order valence-corrected chi connectivity index (χ2v) is 5.72. The Bertz CT molecular complexity index is 894. The Morgan fingerprint density at radius 3 is 2.40 bits per heavy atom. The number of anilines is 2. The van der Waals surface area contributed by atoms with Gasteiger partial charge in [0.2, 0.25) is 0 Å².